The highest BCUT2D eigenvalue weighted by Gasteiger charge is 2.55. The molecule has 142 valence electrons. The molecular formula is C20H22ClN3O3. The molecule has 7 heteroatoms. The van der Waals surface area contributed by atoms with E-state index in [1.165, 1.54) is 0 Å². The first-order valence-electron chi connectivity index (χ1n) is 9.51. The molecule has 1 N–H and O–H groups in total. The van der Waals surface area contributed by atoms with Crippen molar-refractivity contribution in [2.75, 3.05) is 13.6 Å². The van der Waals surface area contributed by atoms with Crippen molar-refractivity contribution in [1.29, 1.82) is 0 Å². The lowest BCUT2D eigenvalue weighted by Gasteiger charge is -2.57. The van der Waals surface area contributed by atoms with Crippen molar-refractivity contribution in [3.8, 4) is 0 Å². The van der Waals surface area contributed by atoms with E-state index < -0.39 is 0 Å². The molecule has 0 bridgehead atoms. The minimum absolute atomic E-state index is 0.0271. The third-order valence-corrected chi connectivity index (χ3v) is 6.73. The first-order valence-corrected chi connectivity index (χ1v) is 9.89. The number of hydrogen-bond donors (Lipinski definition) is 1. The number of oxazole rings is 1. The molecule has 0 radical (unpaired) electrons. The number of fused-ring (bicyclic) bond motifs is 1. The number of nitrogens with zero attached hydrogens (tertiary/aromatic N) is 2. The van der Waals surface area contributed by atoms with E-state index >= 15 is 0 Å². The Balaban J connectivity index is 1.14. The van der Waals surface area contributed by atoms with Crippen molar-refractivity contribution < 1.29 is 14.0 Å². The molecule has 5 rings (SSSR count). The molecule has 1 atom stereocenters. The maximum absolute atomic E-state index is 12.3. The van der Waals surface area contributed by atoms with Crippen LogP contribution in [0.25, 0.3) is 11.1 Å². The molecule has 3 fully saturated rings. The highest BCUT2D eigenvalue weighted by molar-refractivity contribution is 6.31. The van der Waals surface area contributed by atoms with Crippen LogP contribution in [0.2, 0.25) is 5.02 Å². The Labute approximate surface area is 162 Å². The highest BCUT2D eigenvalue weighted by atomic mass is 35.5. The molecule has 0 unspecified atom stereocenters. The first-order chi connectivity index (χ1) is 12.9. The number of carbonyl (C=O) groups excluding carboxylic acids is 2. The van der Waals surface area contributed by atoms with Crippen LogP contribution < -0.4 is 5.32 Å². The Hall–Kier alpha value is -2.08. The van der Waals surface area contributed by atoms with Crippen LogP contribution in [0.15, 0.2) is 22.6 Å². The van der Waals surface area contributed by atoms with Gasteiger partial charge in [-0.1, -0.05) is 11.6 Å². The summed E-state index contributed by atoms with van der Waals surface area (Å²) in [5, 5.41) is 3.80. The van der Waals surface area contributed by atoms with Crippen LogP contribution >= 0.6 is 11.6 Å². The van der Waals surface area contributed by atoms with Gasteiger partial charge in [0, 0.05) is 37.0 Å². The second-order valence-electron chi connectivity index (χ2n) is 8.56. The fourth-order valence-corrected chi connectivity index (χ4v) is 5.20. The van der Waals surface area contributed by atoms with Gasteiger partial charge < -0.3 is 14.6 Å². The monoisotopic (exact) mass is 387 g/mol. The van der Waals surface area contributed by atoms with Crippen LogP contribution in [0.3, 0.4) is 0 Å². The number of nitrogens with one attached hydrogen (secondary N) is 1. The van der Waals surface area contributed by atoms with E-state index in [4.69, 9.17) is 16.0 Å². The maximum atomic E-state index is 12.3. The summed E-state index contributed by atoms with van der Waals surface area (Å²) in [6, 6.07) is 5.75. The fourth-order valence-electron chi connectivity index (χ4n) is 5.03. The summed E-state index contributed by atoms with van der Waals surface area (Å²) < 4.78 is 5.89. The number of likely N-dealkylation sites (tertiary alicyclic amines) is 1. The van der Waals surface area contributed by atoms with Crippen LogP contribution in [0.1, 0.15) is 43.9 Å². The van der Waals surface area contributed by atoms with E-state index in [2.05, 4.69) is 10.3 Å². The van der Waals surface area contributed by atoms with E-state index in [-0.39, 0.29) is 23.8 Å². The standard InChI is InChI=1S/C20H22ClN3O3/c1-24-10-11(4-17(24)25)18(26)22-14-8-20(9-14)6-12(7-20)19-23-15-5-13(21)2-3-16(15)27-19/h2-3,5,11-12,14H,4,6-10H2,1H3,(H,22,26)/t11-,12?,14?,20?/m1/s1. The Morgan fingerprint density at radius 3 is 2.81 bits per heavy atom. The average molecular weight is 388 g/mol. The van der Waals surface area contributed by atoms with Gasteiger partial charge in [-0.15, -0.1) is 0 Å². The zero-order chi connectivity index (χ0) is 18.8. The van der Waals surface area contributed by atoms with Crippen molar-refractivity contribution >= 4 is 34.5 Å². The Kier molecular flexibility index (Phi) is 3.76. The third kappa shape index (κ3) is 2.90. The van der Waals surface area contributed by atoms with Gasteiger partial charge in [0.1, 0.15) is 5.52 Å². The second kappa shape index (κ2) is 5.96. The summed E-state index contributed by atoms with van der Waals surface area (Å²) in [5.74, 6) is 1.05. The van der Waals surface area contributed by atoms with Gasteiger partial charge in [0.2, 0.25) is 11.8 Å². The Morgan fingerprint density at radius 1 is 1.33 bits per heavy atom. The number of rotatable bonds is 3. The Morgan fingerprint density at radius 2 is 2.11 bits per heavy atom. The summed E-state index contributed by atoms with van der Waals surface area (Å²) in [6.45, 7) is 0.534. The summed E-state index contributed by atoms with van der Waals surface area (Å²) >= 11 is 6.02. The number of hydrogen-bond acceptors (Lipinski definition) is 4. The highest BCUT2D eigenvalue weighted by Crippen LogP contribution is 2.61. The molecule has 2 amide bonds. The summed E-state index contributed by atoms with van der Waals surface area (Å²) in [5.41, 5.74) is 1.92. The quantitative estimate of drug-likeness (QED) is 0.878. The molecule has 1 aromatic carbocycles. The van der Waals surface area contributed by atoms with E-state index in [1.54, 1.807) is 11.9 Å². The number of carbonyl (C=O) groups is 2. The topological polar surface area (TPSA) is 75.4 Å². The van der Waals surface area contributed by atoms with Gasteiger partial charge >= 0.3 is 0 Å². The van der Waals surface area contributed by atoms with Crippen molar-refractivity contribution in [3.63, 3.8) is 0 Å². The van der Waals surface area contributed by atoms with Gasteiger partial charge in [-0.05, 0) is 49.3 Å². The zero-order valence-corrected chi connectivity index (χ0v) is 16.0. The number of halogens is 1. The maximum Gasteiger partial charge on any atom is 0.225 e. The fraction of sp³-hybridized carbons (Fsp3) is 0.550. The smallest absolute Gasteiger partial charge is 0.225 e. The molecule has 1 saturated heterocycles. The van der Waals surface area contributed by atoms with Crippen molar-refractivity contribution in [2.24, 2.45) is 11.3 Å². The SMILES string of the molecule is CN1C[C@H](C(=O)NC2CC3(C2)CC(c2nc4cc(Cl)ccc4o2)C3)CC1=O. The van der Waals surface area contributed by atoms with Crippen LogP contribution in [0, 0.1) is 11.3 Å². The number of amides is 2. The minimum atomic E-state index is -0.195. The Bertz CT molecular complexity index is 926. The summed E-state index contributed by atoms with van der Waals surface area (Å²) in [6.07, 6.45) is 4.48. The lowest BCUT2D eigenvalue weighted by molar-refractivity contribution is -0.130. The van der Waals surface area contributed by atoms with E-state index in [0.717, 1.165) is 42.7 Å². The molecule has 3 aliphatic rings. The first kappa shape index (κ1) is 17.0. The minimum Gasteiger partial charge on any atom is -0.440 e. The second-order valence-corrected chi connectivity index (χ2v) is 8.99. The van der Waals surface area contributed by atoms with E-state index in [1.807, 2.05) is 18.2 Å². The number of benzene rings is 1. The van der Waals surface area contributed by atoms with Crippen molar-refractivity contribution in [1.82, 2.24) is 15.2 Å². The van der Waals surface area contributed by atoms with Crippen LogP contribution in [-0.4, -0.2) is 41.3 Å². The van der Waals surface area contributed by atoms with Gasteiger partial charge in [0.25, 0.3) is 0 Å². The molecule has 6 nitrogen and oxygen atoms in total. The van der Waals surface area contributed by atoms with Crippen LogP contribution in [-0.2, 0) is 9.59 Å². The van der Waals surface area contributed by atoms with Gasteiger partial charge in [-0.25, -0.2) is 4.98 Å². The molecular weight excluding hydrogens is 366 g/mol. The average Bonchev–Trinajstić information content (AvgIpc) is 3.11. The molecule has 1 spiro atoms. The predicted molar refractivity (Wildman–Crippen MR) is 100 cm³/mol. The molecule has 1 aromatic heterocycles. The van der Waals surface area contributed by atoms with Crippen LogP contribution in [0.4, 0.5) is 0 Å². The van der Waals surface area contributed by atoms with Gasteiger partial charge in [0.05, 0.1) is 5.92 Å². The molecule has 2 aromatic rings. The summed E-state index contributed by atoms with van der Waals surface area (Å²) in [7, 11) is 1.75. The molecule has 2 saturated carbocycles. The van der Waals surface area contributed by atoms with Gasteiger partial charge in [0.15, 0.2) is 11.5 Å². The van der Waals surface area contributed by atoms with Crippen LogP contribution in [0.5, 0.6) is 0 Å². The van der Waals surface area contributed by atoms with Gasteiger partial charge in [-0.2, -0.15) is 0 Å². The lowest BCUT2D eigenvalue weighted by Crippen LogP contribution is -2.56. The molecule has 2 aliphatic carbocycles. The normalized spacial score (nSPS) is 32.6. The van der Waals surface area contributed by atoms with Crippen molar-refractivity contribution in [3.05, 3.63) is 29.1 Å². The van der Waals surface area contributed by atoms with Crippen molar-refractivity contribution in [2.45, 2.75) is 44.1 Å². The zero-order valence-electron chi connectivity index (χ0n) is 15.2. The van der Waals surface area contributed by atoms with Gasteiger partial charge in [-0.3, -0.25) is 9.59 Å². The molecule has 2 heterocycles. The van der Waals surface area contributed by atoms with E-state index in [0.29, 0.717) is 29.3 Å². The lowest BCUT2D eigenvalue weighted by atomic mass is 9.50. The molecule has 1 aliphatic heterocycles. The third-order valence-electron chi connectivity index (χ3n) is 6.49. The molecule has 27 heavy (non-hydrogen) atoms. The summed E-state index contributed by atoms with van der Waals surface area (Å²) in [4.78, 5) is 30.2. The van der Waals surface area contributed by atoms with E-state index in [9.17, 15) is 9.59 Å². The predicted octanol–water partition coefficient (Wildman–Crippen LogP) is 3.10. The number of aromatic nitrogens is 1. The largest absolute Gasteiger partial charge is 0.440 e.